The minimum absolute atomic E-state index is 0.314. The van der Waals surface area contributed by atoms with Crippen molar-refractivity contribution in [1.29, 1.82) is 0 Å². The molecule has 0 bridgehead atoms. The molecule has 1 amide bonds. The third-order valence-corrected chi connectivity index (χ3v) is 4.94. The van der Waals surface area contributed by atoms with Crippen molar-refractivity contribution in [2.24, 2.45) is 5.10 Å². The van der Waals surface area contributed by atoms with Crippen LogP contribution in [0, 0.1) is 6.92 Å². The van der Waals surface area contributed by atoms with Gasteiger partial charge in [-0.2, -0.15) is 15.3 Å². The first kappa shape index (κ1) is 19.6. The largest absolute Gasteiger partial charge is 0.289 e. The molecule has 0 unspecified atom stereocenters. The highest BCUT2D eigenvalue weighted by molar-refractivity contribution is 6.32. The molecule has 2 aromatic heterocycles. The molecule has 2 aromatic carbocycles. The average Bonchev–Trinajstić information content (AvgIpc) is 3.36. The molecule has 4 rings (SSSR count). The average molecular weight is 419 g/mol. The van der Waals surface area contributed by atoms with Crippen molar-refractivity contribution in [3.05, 3.63) is 94.4 Å². The van der Waals surface area contributed by atoms with E-state index in [1.165, 1.54) is 6.21 Å². The number of carbonyl (C=O) groups excluding carboxylic acids is 1. The fourth-order valence-corrected chi connectivity index (χ4v) is 3.27. The van der Waals surface area contributed by atoms with Crippen LogP contribution in [-0.2, 0) is 6.54 Å². The van der Waals surface area contributed by atoms with E-state index in [-0.39, 0.29) is 0 Å². The molecule has 2 N–H and O–H groups in total. The van der Waals surface area contributed by atoms with Gasteiger partial charge in [-0.05, 0) is 18.6 Å². The number of H-pyrrole nitrogens is 1. The Kier molecular flexibility index (Phi) is 5.72. The summed E-state index contributed by atoms with van der Waals surface area (Å²) in [5.41, 5.74) is 6.88. The number of halogens is 1. The molecule has 30 heavy (non-hydrogen) atoms. The molecule has 0 radical (unpaired) electrons. The zero-order valence-corrected chi connectivity index (χ0v) is 17.0. The van der Waals surface area contributed by atoms with Gasteiger partial charge < -0.3 is 0 Å². The number of amides is 1. The van der Waals surface area contributed by atoms with Crippen molar-refractivity contribution < 1.29 is 4.79 Å². The molecule has 0 spiro atoms. The van der Waals surface area contributed by atoms with Gasteiger partial charge in [-0.15, -0.1) is 0 Å². The summed E-state index contributed by atoms with van der Waals surface area (Å²) in [5, 5.41) is 15.9. The van der Waals surface area contributed by atoms with Gasteiger partial charge >= 0.3 is 0 Å². The Balaban J connectivity index is 1.43. The van der Waals surface area contributed by atoms with Crippen LogP contribution in [0.2, 0.25) is 5.15 Å². The number of nitrogens with zero attached hydrogens (tertiary/aromatic N) is 4. The van der Waals surface area contributed by atoms with Gasteiger partial charge in [0.25, 0.3) is 5.91 Å². The highest BCUT2D eigenvalue weighted by Crippen LogP contribution is 2.19. The lowest BCUT2D eigenvalue weighted by Gasteiger charge is -2.03. The van der Waals surface area contributed by atoms with Crippen molar-refractivity contribution in [1.82, 2.24) is 25.4 Å². The number of nitrogens with one attached hydrogen (secondary N) is 2. The summed E-state index contributed by atoms with van der Waals surface area (Å²) < 4.78 is 1.70. The van der Waals surface area contributed by atoms with E-state index in [2.05, 4.69) is 25.8 Å². The van der Waals surface area contributed by atoms with Gasteiger partial charge in [0.05, 0.1) is 29.7 Å². The highest BCUT2D eigenvalue weighted by atomic mass is 35.5. The van der Waals surface area contributed by atoms with E-state index in [1.54, 1.807) is 10.7 Å². The molecule has 0 atom stereocenters. The third kappa shape index (κ3) is 4.31. The monoisotopic (exact) mass is 418 g/mol. The molecule has 0 saturated heterocycles. The van der Waals surface area contributed by atoms with Crippen LogP contribution in [0.15, 0.2) is 71.8 Å². The highest BCUT2D eigenvalue weighted by Gasteiger charge is 2.13. The first-order valence-electron chi connectivity index (χ1n) is 9.33. The van der Waals surface area contributed by atoms with E-state index >= 15 is 0 Å². The molecule has 7 nitrogen and oxygen atoms in total. The minimum atomic E-state index is -0.397. The summed E-state index contributed by atoms with van der Waals surface area (Å²) in [6.45, 7) is 2.40. The predicted octanol–water partition coefficient (Wildman–Crippen LogP) is 4.05. The summed E-state index contributed by atoms with van der Waals surface area (Å²) in [7, 11) is 0. The molecule has 0 aliphatic heterocycles. The van der Waals surface area contributed by atoms with E-state index in [4.69, 9.17) is 11.6 Å². The normalized spacial score (nSPS) is 11.1. The first-order valence-corrected chi connectivity index (χ1v) is 9.70. The van der Waals surface area contributed by atoms with Gasteiger partial charge in [-0.1, -0.05) is 72.3 Å². The number of aryl methyl sites for hydroxylation is 1. The van der Waals surface area contributed by atoms with Crippen LogP contribution < -0.4 is 5.43 Å². The maximum Gasteiger partial charge on any atom is 0.289 e. The lowest BCUT2D eigenvalue weighted by Crippen LogP contribution is -2.18. The number of benzene rings is 2. The van der Waals surface area contributed by atoms with E-state index in [0.29, 0.717) is 28.6 Å². The number of rotatable bonds is 6. The number of hydrazone groups is 1. The Morgan fingerprint density at radius 1 is 1.17 bits per heavy atom. The number of hydrogen-bond donors (Lipinski definition) is 2. The Morgan fingerprint density at radius 2 is 1.87 bits per heavy atom. The zero-order valence-electron chi connectivity index (χ0n) is 16.2. The summed E-state index contributed by atoms with van der Waals surface area (Å²) in [6, 6.07) is 21.2. The molecule has 2 heterocycles. The van der Waals surface area contributed by atoms with Crippen molar-refractivity contribution in [2.45, 2.75) is 13.5 Å². The van der Waals surface area contributed by atoms with E-state index in [9.17, 15) is 4.79 Å². The maximum absolute atomic E-state index is 12.3. The molecule has 0 aliphatic rings. The van der Waals surface area contributed by atoms with Crippen LogP contribution >= 0.6 is 11.6 Å². The van der Waals surface area contributed by atoms with Crippen molar-refractivity contribution in [2.75, 3.05) is 0 Å². The molecule has 0 fully saturated rings. The van der Waals surface area contributed by atoms with Crippen molar-refractivity contribution in [3.63, 3.8) is 0 Å². The third-order valence-electron chi connectivity index (χ3n) is 4.54. The second-order valence-electron chi connectivity index (χ2n) is 6.67. The van der Waals surface area contributed by atoms with Crippen molar-refractivity contribution >= 4 is 23.7 Å². The fourth-order valence-electron chi connectivity index (χ4n) is 2.99. The minimum Gasteiger partial charge on any atom is -0.272 e. The molecule has 0 aliphatic carbocycles. The second-order valence-corrected chi connectivity index (χ2v) is 7.02. The number of hydrogen-bond acceptors (Lipinski definition) is 4. The van der Waals surface area contributed by atoms with Gasteiger partial charge in [0, 0.05) is 5.56 Å². The lowest BCUT2D eigenvalue weighted by molar-refractivity contribution is 0.0950. The van der Waals surface area contributed by atoms with Crippen LogP contribution in [0.4, 0.5) is 0 Å². The fraction of sp³-hybridized carbons (Fsp3) is 0.0909. The van der Waals surface area contributed by atoms with Crippen molar-refractivity contribution in [3.8, 4) is 11.3 Å². The quantitative estimate of drug-likeness (QED) is 0.366. The van der Waals surface area contributed by atoms with E-state index < -0.39 is 5.91 Å². The standard InChI is InChI=1S/C22H19ClN6O/c1-15-18(21(23)29(28-15)14-16-8-4-2-5-9-16)13-24-27-22(30)20-12-19(25-26-20)17-10-6-3-7-11-17/h2-13H,14H2,1H3,(H,25,26)(H,27,30). The summed E-state index contributed by atoms with van der Waals surface area (Å²) in [4.78, 5) is 12.3. The molecular weight excluding hydrogens is 400 g/mol. The zero-order chi connectivity index (χ0) is 20.9. The lowest BCUT2D eigenvalue weighted by atomic mass is 10.1. The Morgan fingerprint density at radius 3 is 2.60 bits per heavy atom. The SMILES string of the molecule is Cc1nn(Cc2ccccc2)c(Cl)c1C=NNC(=O)c1cc(-c2ccccc2)n[nH]1. The first-order chi connectivity index (χ1) is 14.6. The van der Waals surface area contributed by atoms with Crippen LogP contribution in [0.3, 0.4) is 0 Å². The van der Waals surface area contributed by atoms with Crippen LogP contribution in [0.5, 0.6) is 0 Å². The maximum atomic E-state index is 12.3. The molecule has 8 heteroatoms. The van der Waals surface area contributed by atoms with E-state index in [0.717, 1.165) is 16.8 Å². The molecular formula is C22H19ClN6O. The molecule has 0 saturated carbocycles. The van der Waals surface area contributed by atoms with E-state index in [1.807, 2.05) is 67.6 Å². The summed E-state index contributed by atoms with van der Waals surface area (Å²) in [6.07, 6.45) is 1.50. The van der Waals surface area contributed by atoms with Gasteiger partial charge in [0.2, 0.25) is 0 Å². The molecule has 4 aromatic rings. The Bertz CT molecular complexity index is 1180. The van der Waals surface area contributed by atoms with Crippen LogP contribution in [-0.4, -0.2) is 32.1 Å². The summed E-state index contributed by atoms with van der Waals surface area (Å²) in [5.74, 6) is -0.397. The molecule has 150 valence electrons. The Hall–Kier alpha value is -3.71. The van der Waals surface area contributed by atoms with Crippen LogP contribution in [0.25, 0.3) is 11.3 Å². The predicted molar refractivity (Wildman–Crippen MR) is 117 cm³/mol. The topological polar surface area (TPSA) is 88.0 Å². The van der Waals surface area contributed by atoms with Gasteiger partial charge in [-0.3, -0.25) is 9.89 Å². The number of carbonyl (C=O) groups is 1. The smallest absolute Gasteiger partial charge is 0.272 e. The number of aromatic nitrogens is 4. The summed E-state index contributed by atoms with van der Waals surface area (Å²) >= 11 is 6.46. The number of aromatic amines is 1. The van der Waals surface area contributed by atoms with Gasteiger partial charge in [0.1, 0.15) is 10.8 Å². The Labute approximate surface area is 178 Å². The van der Waals surface area contributed by atoms with Crippen LogP contribution in [0.1, 0.15) is 27.3 Å². The van der Waals surface area contributed by atoms with Gasteiger partial charge in [0.15, 0.2) is 0 Å². The van der Waals surface area contributed by atoms with Gasteiger partial charge in [-0.25, -0.2) is 10.1 Å². The second kappa shape index (κ2) is 8.75.